The molecule has 7 aromatic rings. The Balaban J connectivity index is 1.13. The molecule has 6 nitrogen and oxygen atoms in total. The van der Waals surface area contributed by atoms with Crippen molar-refractivity contribution in [1.82, 2.24) is 31.9 Å². The molecule has 10 rings (SSSR count). The van der Waals surface area contributed by atoms with E-state index in [1.807, 2.05) is 0 Å². The number of hydrogen-bond donors (Lipinski definition) is 6. The smallest absolute Gasteiger partial charge is 0.0848 e. The zero-order valence-electron chi connectivity index (χ0n) is 33.6. The van der Waals surface area contributed by atoms with E-state index < -0.39 is 0 Å². The molecule has 0 saturated carbocycles. The Morgan fingerprint density at radius 3 is 0.966 bits per heavy atom. The van der Waals surface area contributed by atoms with Crippen molar-refractivity contribution in [3.8, 4) is 0 Å². The fraction of sp³-hybridized carbons (Fsp3) is 0.208. The summed E-state index contributed by atoms with van der Waals surface area (Å²) in [7, 11) is 0. The third kappa shape index (κ3) is 7.68. The quantitative estimate of drug-likeness (QED) is 0.0878. The van der Waals surface area contributed by atoms with Crippen LogP contribution in [0.15, 0.2) is 188 Å². The van der Waals surface area contributed by atoms with Crippen molar-refractivity contribution >= 4 is 0 Å². The monoisotopic (exact) mass is 772 g/mol. The lowest BCUT2D eigenvalue weighted by molar-refractivity contribution is 0.524. The topological polar surface area (TPSA) is 72.2 Å². The van der Waals surface area contributed by atoms with Crippen molar-refractivity contribution in [3.05, 3.63) is 249 Å². The van der Waals surface area contributed by atoms with Crippen molar-refractivity contribution in [1.29, 1.82) is 0 Å². The molecule has 9 unspecified atom stereocenters. The number of hydrogen-bond acceptors (Lipinski definition) is 6. The summed E-state index contributed by atoms with van der Waals surface area (Å²) in [6.45, 7) is 4.36. The Bertz CT molecular complexity index is 2480. The van der Waals surface area contributed by atoms with Gasteiger partial charge in [0.1, 0.15) is 0 Å². The summed E-state index contributed by atoms with van der Waals surface area (Å²) in [4.78, 5) is 0. The molecule has 6 heteroatoms. The minimum absolute atomic E-state index is 0.00422. The second-order valence-electron chi connectivity index (χ2n) is 16.5. The Morgan fingerprint density at radius 2 is 0.576 bits per heavy atom. The lowest BCUT2D eigenvalue weighted by atomic mass is 9.85. The first-order chi connectivity index (χ1) is 29.1. The van der Waals surface area contributed by atoms with Gasteiger partial charge in [-0.25, -0.2) is 0 Å². The highest BCUT2D eigenvalue weighted by atomic mass is 15.3. The summed E-state index contributed by atoms with van der Waals surface area (Å²) in [6, 6.07) is 68.7. The fourth-order valence-electron chi connectivity index (χ4n) is 9.63. The molecule has 3 saturated heterocycles. The summed E-state index contributed by atoms with van der Waals surface area (Å²) in [5, 5.41) is 24.4. The Hall–Kier alpha value is -5.70. The van der Waals surface area contributed by atoms with Crippen molar-refractivity contribution < 1.29 is 0 Å². The first-order valence-corrected chi connectivity index (χ1v) is 21.1. The molecule has 0 amide bonds. The maximum atomic E-state index is 4.13. The van der Waals surface area contributed by atoms with Crippen LogP contribution in [0.1, 0.15) is 116 Å². The second-order valence-corrected chi connectivity index (χ2v) is 16.5. The zero-order valence-corrected chi connectivity index (χ0v) is 33.6. The number of rotatable bonds is 9. The molecule has 3 aliphatic rings. The summed E-state index contributed by atoms with van der Waals surface area (Å²) >= 11 is 0. The molecule has 0 aliphatic carbocycles. The van der Waals surface area contributed by atoms with Crippen LogP contribution in [0.2, 0.25) is 0 Å². The van der Waals surface area contributed by atoms with Gasteiger partial charge in [0.05, 0.1) is 54.7 Å². The molecule has 59 heavy (non-hydrogen) atoms. The van der Waals surface area contributed by atoms with E-state index in [-0.39, 0.29) is 54.7 Å². The molecule has 0 spiro atoms. The highest BCUT2D eigenvalue weighted by Gasteiger charge is 2.41. The number of nitrogens with one attached hydrogen (secondary N) is 6. The Morgan fingerprint density at radius 1 is 0.271 bits per heavy atom. The van der Waals surface area contributed by atoms with E-state index in [1.165, 1.54) is 61.2 Å². The van der Waals surface area contributed by atoms with Crippen LogP contribution >= 0.6 is 0 Å². The van der Waals surface area contributed by atoms with E-state index in [4.69, 9.17) is 0 Å². The minimum atomic E-state index is -0.0162. The van der Waals surface area contributed by atoms with Crippen LogP contribution in [0, 0.1) is 13.8 Å². The van der Waals surface area contributed by atoms with Crippen molar-refractivity contribution in [3.63, 3.8) is 0 Å². The summed E-state index contributed by atoms with van der Waals surface area (Å²) < 4.78 is 0. The van der Waals surface area contributed by atoms with Crippen LogP contribution in [-0.4, -0.2) is 0 Å². The average molecular weight is 773 g/mol. The van der Waals surface area contributed by atoms with Gasteiger partial charge in [-0.15, -0.1) is 0 Å². The second kappa shape index (κ2) is 16.5. The first kappa shape index (κ1) is 37.6. The van der Waals surface area contributed by atoms with E-state index in [2.05, 4.69) is 234 Å². The van der Waals surface area contributed by atoms with Gasteiger partial charge < -0.3 is 0 Å². The van der Waals surface area contributed by atoms with Gasteiger partial charge in [-0.1, -0.05) is 194 Å². The first-order valence-electron chi connectivity index (χ1n) is 21.1. The molecule has 7 aromatic carbocycles. The molecule has 0 radical (unpaired) electrons. The molecule has 0 aromatic heterocycles. The molecule has 3 heterocycles. The Kier molecular flexibility index (Phi) is 10.5. The third-order valence-electron chi connectivity index (χ3n) is 12.7. The van der Waals surface area contributed by atoms with E-state index in [0.29, 0.717) is 0 Å². The Labute approximate surface area is 348 Å². The van der Waals surface area contributed by atoms with Crippen LogP contribution in [0.4, 0.5) is 0 Å². The van der Waals surface area contributed by atoms with Gasteiger partial charge in [-0.3, -0.25) is 31.9 Å². The zero-order chi connectivity index (χ0) is 39.7. The molecule has 294 valence electrons. The van der Waals surface area contributed by atoms with Gasteiger partial charge >= 0.3 is 0 Å². The number of benzene rings is 7. The van der Waals surface area contributed by atoms with Gasteiger partial charge in [-0.2, -0.15) is 0 Å². The fourth-order valence-corrected chi connectivity index (χ4v) is 9.63. The van der Waals surface area contributed by atoms with Gasteiger partial charge in [0, 0.05) is 0 Å². The highest BCUT2D eigenvalue weighted by Crippen LogP contribution is 2.45. The van der Waals surface area contributed by atoms with Crippen LogP contribution in [0.25, 0.3) is 0 Å². The van der Waals surface area contributed by atoms with Crippen molar-refractivity contribution in [2.45, 2.75) is 68.6 Å². The lowest BCUT2D eigenvalue weighted by Crippen LogP contribution is -2.25. The standard InChI is InChI=1S/C53H52N6/c1-34-27-29-40(30-28-34)52-55-46(37-20-9-4-10-21-37)49(57-52)42-31-41(48-45(36-18-7-3-8-19-36)54-51(56-48)39-24-13-6-14-25-39)32-43(33-42)50-47(38-22-11-5-12-23-38)58-53(59-50)44-26-16-15-17-35(44)2/h3-33,45-59H,1-2H3. The van der Waals surface area contributed by atoms with Gasteiger partial charge in [0.2, 0.25) is 0 Å². The molecular weight excluding hydrogens is 721 g/mol. The largest absolute Gasteiger partial charge is 0.289 e. The van der Waals surface area contributed by atoms with Crippen molar-refractivity contribution in [2.75, 3.05) is 0 Å². The predicted molar refractivity (Wildman–Crippen MR) is 238 cm³/mol. The average Bonchev–Trinajstić information content (AvgIpc) is 4.07. The van der Waals surface area contributed by atoms with E-state index in [1.54, 1.807) is 0 Å². The minimum Gasteiger partial charge on any atom is -0.289 e. The van der Waals surface area contributed by atoms with E-state index in [9.17, 15) is 0 Å². The van der Waals surface area contributed by atoms with Crippen LogP contribution in [0.3, 0.4) is 0 Å². The SMILES string of the molecule is Cc1ccc(C2NC(c3ccccc3)C(c3cc(C4NC(c5ccccc5)NC4c4ccccc4)cc(C4NC(c5ccccc5C)NC4c4ccccc4)c3)N2)cc1. The molecule has 3 fully saturated rings. The summed E-state index contributed by atoms with van der Waals surface area (Å²) in [5.74, 6) is 0. The normalized spacial score (nSPS) is 26.6. The van der Waals surface area contributed by atoms with Gasteiger partial charge in [0.15, 0.2) is 0 Å². The summed E-state index contributed by atoms with van der Waals surface area (Å²) in [5.41, 5.74) is 13.8. The lowest BCUT2D eigenvalue weighted by Gasteiger charge is -2.27. The van der Waals surface area contributed by atoms with Crippen LogP contribution < -0.4 is 31.9 Å². The van der Waals surface area contributed by atoms with Crippen molar-refractivity contribution in [2.24, 2.45) is 0 Å². The van der Waals surface area contributed by atoms with Crippen LogP contribution in [-0.2, 0) is 0 Å². The van der Waals surface area contributed by atoms with E-state index in [0.717, 1.165) is 0 Å². The maximum Gasteiger partial charge on any atom is 0.0848 e. The van der Waals surface area contributed by atoms with Crippen LogP contribution in [0.5, 0.6) is 0 Å². The molecular formula is C53H52N6. The molecule has 6 N–H and O–H groups in total. The molecule has 3 aliphatic heterocycles. The molecule has 9 atom stereocenters. The highest BCUT2D eigenvalue weighted by molar-refractivity contribution is 5.44. The predicted octanol–water partition coefficient (Wildman–Crippen LogP) is 10.3. The van der Waals surface area contributed by atoms with E-state index >= 15 is 0 Å². The van der Waals surface area contributed by atoms with Gasteiger partial charge in [-0.05, 0) is 69.5 Å². The van der Waals surface area contributed by atoms with Gasteiger partial charge in [0.25, 0.3) is 0 Å². The third-order valence-corrected chi connectivity index (χ3v) is 12.7. The molecule has 0 bridgehead atoms. The number of aryl methyl sites for hydroxylation is 2. The summed E-state index contributed by atoms with van der Waals surface area (Å²) in [6.07, 6.45) is -0.0439. The maximum absolute atomic E-state index is 4.13.